The molecule has 0 aliphatic carbocycles. The lowest BCUT2D eigenvalue weighted by atomic mass is 9.87. The number of pyridine rings is 1. The summed E-state index contributed by atoms with van der Waals surface area (Å²) < 4.78 is 13.7. The second-order valence-electron chi connectivity index (χ2n) is 13.3. The van der Waals surface area contributed by atoms with Crippen molar-refractivity contribution in [2.45, 2.75) is 52.4 Å². The first-order chi connectivity index (χ1) is 21.8. The molecule has 0 atom stereocenters. The highest BCUT2D eigenvalue weighted by atomic mass is 79.9. The third-order valence-corrected chi connectivity index (χ3v) is 8.94. The van der Waals surface area contributed by atoms with Gasteiger partial charge in [0, 0.05) is 17.3 Å². The predicted octanol–water partition coefficient (Wildman–Crippen LogP) is 12.1. The highest BCUT2D eigenvalue weighted by molar-refractivity contribution is 9.11. The molecule has 2 aromatic heterocycles. The van der Waals surface area contributed by atoms with Crippen molar-refractivity contribution >= 4 is 42.9 Å². The van der Waals surface area contributed by atoms with E-state index >= 15 is 0 Å². The monoisotopic (exact) mass is 735 g/mol. The van der Waals surface area contributed by atoms with E-state index in [2.05, 4.69) is 103 Å². The van der Waals surface area contributed by atoms with Crippen LogP contribution < -0.4 is 9.47 Å². The van der Waals surface area contributed by atoms with E-state index in [0.717, 1.165) is 55.5 Å². The Morgan fingerprint density at radius 2 is 0.826 bits per heavy atom. The van der Waals surface area contributed by atoms with Gasteiger partial charge in [-0.2, -0.15) is 0 Å². The molecule has 0 fully saturated rings. The quantitative estimate of drug-likeness (QED) is 0.159. The summed E-state index contributed by atoms with van der Waals surface area (Å²) >= 11 is 7.19. The minimum Gasteiger partial charge on any atom is -0.457 e. The normalized spacial score (nSPS) is 11.9. The maximum Gasteiger partial charge on any atom is 0.133 e. The Labute approximate surface area is 287 Å². The summed E-state index contributed by atoms with van der Waals surface area (Å²) in [5.41, 5.74) is 7.41. The predicted molar refractivity (Wildman–Crippen MR) is 194 cm³/mol. The second kappa shape index (κ2) is 12.6. The number of fused-ring (bicyclic) bond motifs is 1. The lowest BCUT2D eigenvalue weighted by Crippen LogP contribution is -2.10. The smallest absolute Gasteiger partial charge is 0.133 e. The SMILES string of the molecule is CC(C)(C)c1ccc(Oc2ccc(-c3nc4c(Br)cnc(Br)c4nc3-c3ccc(Oc4ccc(C(C)(C)C)cc4)cc3)cc2)cc1. The fraction of sp³-hybridized carbons (Fsp3) is 0.205. The zero-order valence-electron chi connectivity index (χ0n) is 26.7. The molecular formula is C39H35Br2N3O2. The Morgan fingerprint density at radius 1 is 0.478 bits per heavy atom. The van der Waals surface area contributed by atoms with E-state index < -0.39 is 0 Å². The zero-order chi connectivity index (χ0) is 32.6. The van der Waals surface area contributed by atoms with Crippen molar-refractivity contribution in [2.24, 2.45) is 0 Å². The molecule has 0 aliphatic rings. The van der Waals surface area contributed by atoms with E-state index in [4.69, 9.17) is 19.4 Å². The standard InChI is InChI=1S/C39H35Br2N3O2/c1-38(2,3)26-11-19-30(20-12-26)45-28-15-7-24(8-16-28)33-34(44-36-35(43-33)32(40)23-42-37(36)41)25-9-17-29(18-10-25)46-31-21-13-27(14-22-31)39(4,5)6/h7-23H,1-6H3. The molecule has 232 valence electrons. The molecule has 2 heterocycles. The van der Waals surface area contributed by atoms with E-state index in [-0.39, 0.29) is 10.8 Å². The lowest BCUT2D eigenvalue weighted by molar-refractivity contribution is 0.481. The third kappa shape index (κ3) is 7.01. The van der Waals surface area contributed by atoms with Crippen LogP contribution in [0.25, 0.3) is 33.5 Å². The Hall–Kier alpha value is -4.07. The summed E-state index contributed by atoms with van der Waals surface area (Å²) in [4.78, 5) is 14.6. The Kier molecular flexibility index (Phi) is 8.75. The fourth-order valence-electron chi connectivity index (χ4n) is 5.06. The molecule has 7 heteroatoms. The minimum atomic E-state index is 0.0879. The molecule has 0 unspecified atom stereocenters. The molecule has 0 spiro atoms. The molecule has 0 bridgehead atoms. The molecule has 4 aromatic carbocycles. The van der Waals surface area contributed by atoms with Crippen molar-refractivity contribution in [3.05, 3.63) is 123 Å². The van der Waals surface area contributed by atoms with Gasteiger partial charge in [0.1, 0.15) is 38.6 Å². The van der Waals surface area contributed by atoms with Crippen LogP contribution in [-0.4, -0.2) is 15.0 Å². The van der Waals surface area contributed by atoms with E-state index in [9.17, 15) is 0 Å². The van der Waals surface area contributed by atoms with Crippen LogP contribution in [0.2, 0.25) is 0 Å². The number of aromatic nitrogens is 3. The minimum absolute atomic E-state index is 0.0879. The lowest BCUT2D eigenvalue weighted by Gasteiger charge is -2.19. The van der Waals surface area contributed by atoms with Gasteiger partial charge in [-0.05, 0) is 127 Å². The van der Waals surface area contributed by atoms with Crippen LogP contribution in [0.3, 0.4) is 0 Å². The zero-order valence-corrected chi connectivity index (χ0v) is 29.9. The molecule has 6 rings (SSSR count). The first-order valence-corrected chi connectivity index (χ1v) is 16.7. The van der Waals surface area contributed by atoms with Crippen molar-refractivity contribution < 1.29 is 9.47 Å². The van der Waals surface area contributed by atoms with Crippen molar-refractivity contribution in [1.82, 2.24) is 15.0 Å². The first kappa shape index (κ1) is 31.9. The van der Waals surface area contributed by atoms with Crippen LogP contribution in [0.5, 0.6) is 23.0 Å². The van der Waals surface area contributed by atoms with E-state index in [1.54, 1.807) is 6.20 Å². The molecule has 5 nitrogen and oxygen atoms in total. The van der Waals surface area contributed by atoms with Gasteiger partial charge in [-0.3, -0.25) is 0 Å². The Balaban J connectivity index is 1.31. The maximum atomic E-state index is 6.17. The molecule has 0 radical (unpaired) electrons. The van der Waals surface area contributed by atoms with Crippen molar-refractivity contribution in [1.29, 1.82) is 0 Å². The van der Waals surface area contributed by atoms with Crippen molar-refractivity contribution in [3.8, 4) is 45.5 Å². The van der Waals surface area contributed by atoms with Crippen LogP contribution in [0.1, 0.15) is 52.7 Å². The van der Waals surface area contributed by atoms with Gasteiger partial charge in [-0.1, -0.05) is 65.8 Å². The number of hydrogen-bond donors (Lipinski definition) is 0. The van der Waals surface area contributed by atoms with E-state index in [1.807, 2.05) is 72.8 Å². The molecule has 0 aliphatic heterocycles. The van der Waals surface area contributed by atoms with E-state index in [0.29, 0.717) is 10.1 Å². The molecular weight excluding hydrogens is 702 g/mol. The van der Waals surface area contributed by atoms with Crippen LogP contribution in [0.15, 0.2) is 112 Å². The van der Waals surface area contributed by atoms with Gasteiger partial charge in [0.25, 0.3) is 0 Å². The largest absolute Gasteiger partial charge is 0.457 e. The number of ether oxygens (including phenoxy) is 2. The van der Waals surface area contributed by atoms with Crippen LogP contribution in [0, 0.1) is 0 Å². The van der Waals surface area contributed by atoms with Crippen molar-refractivity contribution in [2.75, 3.05) is 0 Å². The number of benzene rings is 4. The second-order valence-corrected chi connectivity index (χ2v) is 14.9. The van der Waals surface area contributed by atoms with Gasteiger partial charge in [-0.25, -0.2) is 15.0 Å². The van der Waals surface area contributed by atoms with Gasteiger partial charge >= 0.3 is 0 Å². The summed E-state index contributed by atoms with van der Waals surface area (Å²) in [5, 5.41) is 0. The molecule has 46 heavy (non-hydrogen) atoms. The maximum absolute atomic E-state index is 6.17. The molecule has 0 saturated carbocycles. The molecule has 0 saturated heterocycles. The third-order valence-electron chi connectivity index (χ3n) is 7.78. The highest BCUT2D eigenvalue weighted by Crippen LogP contribution is 2.37. The fourth-order valence-corrected chi connectivity index (χ4v) is 5.82. The van der Waals surface area contributed by atoms with Crippen LogP contribution >= 0.6 is 31.9 Å². The summed E-state index contributed by atoms with van der Waals surface area (Å²) in [6.45, 7) is 13.2. The first-order valence-electron chi connectivity index (χ1n) is 15.1. The van der Waals surface area contributed by atoms with Gasteiger partial charge in [0.2, 0.25) is 0 Å². The summed E-state index contributed by atoms with van der Waals surface area (Å²) in [6, 6.07) is 32.4. The summed E-state index contributed by atoms with van der Waals surface area (Å²) in [5.74, 6) is 3.07. The number of hydrogen-bond acceptors (Lipinski definition) is 5. The van der Waals surface area contributed by atoms with E-state index in [1.165, 1.54) is 11.1 Å². The summed E-state index contributed by atoms with van der Waals surface area (Å²) in [7, 11) is 0. The van der Waals surface area contributed by atoms with Gasteiger partial charge in [-0.15, -0.1) is 0 Å². The topological polar surface area (TPSA) is 57.1 Å². The Morgan fingerprint density at radius 3 is 1.20 bits per heavy atom. The molecule has 0 amide bonds. The molecule has 6 aromatic rings. The average Bonchev–Trinajstić information content (AvgIpc) is 3.03. The highest BCUT2D eigenvalue weighted by Gasteiger charge is 2.18. The van der Waals surface area contributed by atoms with Crippen LogP contribution in [-0.2, 0) is 10.8 Å². The number of nitrogens with zero attached hydrogens (tertiary/aromatic N) is 3. The van der Waals surface area contributed by atoms with Gasteiger partial charge < -0.3 is 9.47 Å². The van der Waals surface area contributed by atoms with Gasteiger partial charge in [0.05, 0.1) is 15.9 Å². The average molecular weight is 738 g/mol. The van der Waals surface area contributed by atoms with Crippen molar-refractivity contribution in [3.63, 3.8) is 0 Å². The Bertz CT molecular complexity index is 1850. The summed E-state index contributed by atoms with van der Waals surface area (Å²) in [6.07, 6.45) is 1.73. The number of halogens is 2. The van der Waals surface area contributed by atoms with Crippen LogP contribution in [0.4, 0.5) is 0 Å². The molecule has 0 N–H and O–H groups in total. The number of rotatable bonds is 6. The van der Waals surface area contributed by atoms with Gasteiger partial charge in [0.15, 0.2) is 0 Å².